The maximum Gasteiger partial charge on any atom is 0.416 e. The predicted octanol–water partition coefficient (Wildman–Crippen LogP) is 6.93. The number of nitrogens with one attached hydrogen (secondary N) is 1. The van der Waals surface area contributed by atoms with Crippen molar-refractivity contribution >= 4 is 16.9 Å². The van der Waals surface area contributed by atoms with Crippen LogP contribution in [-0.4, -0.2) is 35.1 Å². The number of hydrogen-bond donors (Lipinski definition) is 2. The molecule has 230 valence electrons. The predicted molar refractivity (Wildman–Crippen MR) is 158 cm³/mol. The van der Waals surface area contributed by atoms with Crippen LogP contribution < -0.4 is 11.1 Å². The fourth-order valence-corrected chi connectivity index (χ4v) is 5.96. The summed E-state index contributed by atoms with van der Waals surface area (Å²) in [5.41, 5.74) is 9.15. The first kappa shape index (κ1) is 30.8. The number of hydrogen-bond acceptors (Lipinski definition) is 6. The Morgan fingerprint density at radius 1 is 1.09 bits per heavy atom. The average molecular weight is 597 g/mol. The fraction of sp³-hybridized carbons (Fsp3) is 0.455. The maximum atomic E-state index is 14.0. The third-order valence-corrected chi connectivity index (χ3v) is 8.16. The molecule has 0 radical (unpaired) electrons. The Kier molecular flexibility index (Phi) is 8.72. The summed E-state index contributed by atoms with van der Waals surface area (Å²) < 4.78 is 53.6. The molecule has 2 aromatic heterocycles. The normalized spacial score (nSPS) is 16.0. The summed E-state index contributed by atoms with van der Waals surface area (Å²) in [7, 11) is 0. The van der Waals surface area contributed by atoms with Crippen LogP contribution in [0, 0.1) is 26.7 Å². The lowest BCUT2D eigenvalue weighted by Crippen LogP contribution is -2.56. The standard InChI is InChI=1S/C33H39F3N4O3/c1-18(2)6-10-27(25-9-7-19(3)12-26(25)33(34,35)36)38-30(41)14-22-8-11-28-23(13-22)15-29(42-28)32(40-16-24(37)17-40)31-20(4)39-43-21(31)5/h7-9,11-13,15,18,24,27,32H,6,10,14,16-17,37H2,1-5H3,(H,38,41). The van der Waals surface area contributed by atoms with E-state index in [4.69, 9.17) is 14.7 Å². The molecule has 2 aromatic carbocycles. The molecule has 1 fully saturated rings. The third-order valence-electron chi connectivity index (χ3n) is 8.16. The highest BCUT2D eigenvalue weighted by molar-refractivity contribution is 5.83. The van der Waals surface area contributed by atoms with Crippen molar-refractivity contribution in [3.63, 3.8) is 0 Å². The first-order valence-corrected chi connectivity index (χ1v) is 14.7. The molecule has 10 heteroatoms. The van der Waals surface area contributed by atoms with Crippen molar-refractivity contribution in [1.29, 1.82) is 0 Å². The van der Waals surface area contributed by atoms with Crippen molar-refractivity contribution < 1.29 is 26.9 Å². The highest BCUT2D eigenvalue weighted by Gasteiger charge is 2.38. The molecule has 0 saturated carbocycles. The van der Waals surface area contributed by atoms with Crippen LogP contribution in [-0.2, 0) is 17.4 Å². The van der Waals surface area contributed by atoms with Crippen molar-refractivity contribution in [3.8, 4) is 0 Å². The quantitative estimate of drug-likeness (QED) is 0.206. The van der Waals surface area contributed by atoms with Gasteiger partial charge in [0.25, 0.3) is 0 Å². The van der Waals surface area contributed by atoms with Crippen molar-refractivity contribution in [2.24, 2.45) is 11.7 Å². The molecular formula is C33H39F3N4O3. The van der Waals surface area contributed by atoms with Gasteiger partial charge in [-0.15, -0.1) is 0 Å². The summed E-state index contributed by atoms with van der Waals surface area (Å²) in [6, 6.07) is 10.9. The van der Waals surface area contributed by atoms with Gasteiger partial charge in [-0.1, -0.05) is 42.8 Å². The van der Waals surface area contributed by atoms with E-state index in [0.717, 1.165) is 39.8 Å². The molecule has 1 aliphatic heterocycles. The molecule has 0 aliphatic carbocycles. The van der Waals surface area contributed by atoms with Gasteiger partial charge >= 0.3 is 6.18 Å². The van der Waals surface area contributed by atoms with Gasteiger partial charge in [-0.2, -0.15) is 13.2 Å². The van der Waals surface area contributed by atoms with Crippen LogP contribution in [0.15, 0.2) is 51.4 Å². The second kappa shape index (κ2) is 12.2. The number of fused-ring (bicyclic) bond motifs is 1. The second-order valence-corrected chi connectivity index (χ2v) is 12.2. The van der Waals surface area contributed by atoms with E-state index in [0.29, 0.717) is 37.1 Å². The minimum Gasteiger partial charge on any atom is -0.459 e. The zero-order valence-electron chi connectivity index (χ0n) is 25.2. The van der Waals surface area contributed by atoms with Crippen LogP contribution in [0.2, 0.25) is 0 Å². The lowest BCUT2D eigenvalue weighted by Gasteiger charge is -2.41. The smallest absolute Gasteiger partial charge is 0.416 e. The van der Waals surface area contributed by atoms with E-state index >= 15 is 0 Å². The third kappa shape index (κ3) is 6.80. The summed E-state index contributed by atoms with van der Waals surface area (Å²) in [6.07, 6.45) is -3.41. The number of halogens is 3. The zero-order chi connectivity index (χ0) is 31.1. The number of benzene rings is 2. The van der Waals surface area contributed by atoms with Crippen molar-refractivity contribution in [2.45, 2.75) is 78.2 Å². The van der Waals surface area contributed by atoms with E-state index in [1.54, 1.807) is 13.0 Å². The summed E-state index contributed by atoms with van der Waals surface area (Å²) in [5, 5.41) is 7.87. The van der Waals surface area contributed by atoms with E-state index in [1.807, 2.05) is 52.0 Å². The van der Waals surface area contributed by atoms with Crippen molar-refractivity contribution in [3.05, 3.63) is 87.5 Å². The monoisotopic (exact) mass is 596 g/mol. The van der Waals surface area contributed by atoms with E-state index in [2.05, 4.69) is 15.4 Å². The Morgan fingerprint density at radius 2 is 1.84 bits per heavy atom. The topological polar surface area (TPSA) is 97.5 Å². The van der Waals surface area contributed by atoms with Gasteiger partial charge in [0, 0.05) is 30.1 Å². The molecule has 2 atom stereocenters. The maximum absolute atomic E-state index is 14.0. The Labute approximate surface area is 249 Å². The lowest BCUT2D eigenvalue weighted by molar-refractivity contribution is -0.139. The largest absolute Gasteiger partial charge is 0.459 e. The number of rotatable bonds is 10. The van der Waals surface area contributed by atoms with Gasteiger partial charge in [0.15, 0.2) is 0 Å². The number of nitrogens with zero attached hydrogens (tertiary/aromatic N) is 2. The van der Waals surface area contributed by atoms with Crippen LogP contribution in [0.5, 0.6) is 0 Å². The lowest BCUT2D eigenvalue weighted by atomic mass is 9.92. The molecule has 5 rings (SSSR count). The summed E-state index contributed by atoms with van der Waals surface area (Å²) in [5.74, 6) is 1.38. The molecule has 3 N–H and O–H groups in total. The minimum atomic E-state index is -4.52. The first-order valence-electron chi connectivity index (χ1n) is 14.7. The van der Waals surface area contributed by atoms with E-state index < -0.39 is 17.8 Å². The molecule has 3 heterocycles. The van der Waals surface area contributed by atoms with E-state index in [9.17, 15) is 18.0 Å². The van der Waals surface area contributed by atoms with E-state index in [-0.39, 0.29) is 35.9 Å². The number of aryl methyl sites for hydroxylation is 3. The average Bonchev–Trinajstić information content (AvgIpc) is 3.47. The van der Waals surface area contributed by atoms with Gasteiger partial charge in [0.1, 0.15) is 17.1 Å². The number of nitrogens with two attached hydrogens (primary N) is 1. The van der Waals surface area contributed by atoms with Gasteiger partial charge in [0.2, 0.25) is 5.91 Å². The number of carbonyl (C=O) groups is 1. The Bertz CT molecular complexity index is 1580. The summed E-state index contributed by atoms with van der Waals surface area (Å²) in [4.78, 5) is 15.5. The van der Waals surface area contributed by atoms with Crippen LogP contribution in [0.25, 0.3) is 11.0 Å². The first-order chi connectivity index (χ1) is 20.3. The zero-order valence-corrected chi connectivity index (χ0v) is 25.2. The molecule has 4 aromatic rings. The van der Waals surface area contributed by atoms with Crippen LogP contribution in [0.1, 0.15) is 83.8 Å². The second-order valence-electron chi connectivity index (χ2n) is 12.2. The molecule has 1 aliphatic rings. The van der Waals surface area contributed by atoms with E-state index in [1.165, 1.54) is 6.07 Å². The van der Waals surface area contributed by atoms with Crippen molar-refractivity contribution in [2.75, 3.05) is 13.1 Å². The van der Waals surface area contributed by atoms with Gasteiger partial charge in [-0.3, -0.25) is 9.69 Å². The van der Waals surface area contributed by atoms with Gasteiger partial charge < -0.3 is 20.0 Å². The number of amides is 1. The van der Waals surface area contributed by atoms with Gasteiger partial charge in [-0.25, -0.2) is 0 Å². The molecular weight excluding hydrogens is 557 g/mol. The summed E-state index contributed by atoms with van der Waals surface area (Å²) >= 11 is 0. The molecule has 0 spiro atoms. The number of aromatic nitrogens is 1. The minimum absolute atomic E-state index is 0.0239. The SMILES string of the molecule is Cc1ccc(C(CCC(C)C)NC(=O)Cc2ccc3oc(C(c4c(C)noc4C)N4CC(N)C4)cc3c2)c(C(F)(F)F)c1. The highest BCUT2D eigenvalue weighted by atomic mass is 19.4. The van der Waals surface area contributed by atoms with Gasteiger partial charge in [-0.05, 0) is 74.9 Å². The molecule has 2 unspecified atom stereocenters. The summed E-state index contributed by atoms with van der Waals surface area (Å²) in [6.45, 7) is 10.9. The molecule has 7 nitrogen and oxygen atoms in total. The number of carbonyl (C=O) groups excluding carboxylic acids is 1. The number of alkyl halides is 3. The van der Waals surface area contributed by atoms with Crippen LogP contribution in [0.4, 0.5) is 13.2 Å². The molecule has 43 heavy (non-hydrogen) atoms. The Morgan fingerprint density at radius 3 is 2.47 bits per heavy atom. The Balaban J connectivity index is 1.38. The molecule has 0 bridgehead atoms. The van der Waals surface area contributed by atoms with Crippen molar-refractivity contribution in [1.82, 2.24) is 15.4 Å². The van der Waals surface area contributed by atoms with Gasteiger partial charge in [0.05, 0.1) is 29.8 Å². The highest BCUT2D eigenvalue weighted by Crippen LogP contribution is 2.39. The number of likely N-dealkylation sites (tertiary alicyclic amines) is 1. The Hall–Kier alpha value is -3.63. The van der Waals surface area contributed by atoms with Crippen LogP contribution >= 0.6 is 0 Å². The molecule has 1 amide bonds. The number of furan rings is 1. The fourth-order valence-electron chi connectivity index (χ4n) is 5.96. The van der Waals surface area contributed by atoms with Crippen LogP contribution in [0.3, 0.4) is 0 Å². The molecule has 1 saturated heterocycles.